The van der Waals surface area contributed by atoms with Crippen molar-refractivity contribution in [2.75, 3.05) is 31.1 Å². The lowest BCUT2D eigenvalue weighted by Crippen LogP contribution is -2.49. The first kappa shape index (κ1) is 24.3. The van der Waals surface area contributed by atoms with Gasteiger partial charge in [-0.25, -0.2) is 4.79 Å². The third kappa shape index (κ3) is 8.42. The number of amides is 1. The van der Waals surface area contributed by atoms with Crippen LogP contribution in [0.4, 0.5) is 9.80 Å². The Labute approximate surface area is 185 Å². The van der Waals surface area contributed by atoms with E-state index in [-0.39, 0.29) is 12.0 Å². The molecule has 1 amide bonds. The largest absolute Gasteiger partial charge is 0.444 e. The molecule has 0 saturated carbocycles. The predicted octanol–water partition coefficient (Wildman–Crippen LogP) is 3.82. The van der Waals surface area contributed by atoms with Gasteiger partial charge >= 0.3 is 6.09 Å². The summed E-state index contributed by atoms with van der Waals surface area (Å²) in [5.74, 6) is 1.06. The molecule has 2 heterocycles. The monoisotopic (exact) mass is 437 g/mol. The zero-order valence-electron chi connectivity index (χ0n) is 19.3. The summed E-state index contributed by atoms with van der Waals surface area (Å²) >= 11 is 1.80. The van der Waals surface area contributed by atoms with Gasteiger partial charge < -0.3 is 25.6 Å². The molecule has 170 valence electrons. The fraction of sp³-hybridized carbons (Fsp3) is 0.727. The SMILES string of the molecule is CCNC(=NCC(NC(=O)OC(C)(C)C)C(C)C)NC1CCN(c2cccs2)CC1. The summed E-state index contributed by atoms with van der Waals surface area (Å²) in [5.41, 5.74) is -0.511. The molecule has 1 fully saturated rings. The molecule has 7 nitrogen and oxygen atoms in total. The van der Waals surface area contributed by atoms with E-state index in [9.17, 15) is 4.79 Å². The highest BCUT2D eigenvalue weighted by Gasteiger charge is 2.23. The van der Waals surface area contributed by atoms with Crippen LogP contribution in [0.25, 0.3) is 0 Å². The first-order valence-electron chi connectivity index (χ1n) is 11.0. The van der Waals surface area contributed by atoms with E-state index in [0.29, 0.717) is 12.6 Å². The topological polar surface area (TPSA) is 78.0 Å². The molecule has 1 atom stereocenters. The van der Waals surface area contributed by atoms with Crippen LogP contribution in [0, 0.1) is 5.92 Å². The predicted molar refractivity (Wildman–Crippen MR) is 127 cm³/mol. The molecule has 3 N–H and O–H groups in total. The maximum atomic E-state index is 12.2. The van der Waals surface area contributed by atoms with Crippen LogP contribution in [0.5, 0.6) is 0 Å². The number of carbonyl (C=O) groups is 1. The van der Waals surface area contributed by atoms with Crippen LogP contribution in [-0.4, -0.2) is 55.9 Å². The minimum atomic E-state index is -0.511. The lowest BCUT2D eigenvalue weighted by atomic mass is 10.0. The van der Waals surface area contributed by atoms with Gasteiger partial charge in [0.2, 0.25) is 0 Å². The number of guanidine groups is 1. The first-order valence-corrected chi connectivity index (χ1v) is 11.9. The minimum absolute atomic E-state index is 0.0871. The maximum absolute atomic E-state index is 12.2. The summed E-state index contributed by atoms with van der Waals surface area (Å²) in [6.45, 7) is 15.2. The summed E-state index contributed by atoms with van der Waals surface area (Å²) in [7, 11) is 0. The van der Waals surface area contributed by atoms with Crippen molar-refractivity contribution in [1.82, 2.24) is 16.0 Å². The normalized spacial score (nSPS) is 17.0. The quantitative estimate of drug-likeness (QED) is 0.446. The number of anilines is 1. The van der Waals surface area contributed by atoms with Crippen LogP contribution >= 0.6 is 11.3 Å². The van der Waals surface area contributed by atoms with Gasteiger partial charge in [0.15, 0.2) is 5.96 Å². The number of rotatable bonds is 7. The second kappa shape index (κ2) is 11.4. The second-order valence-electron chi connectivity index (χ2n) is 9.07. The van der Waals surface area contributed by atoms with Crippen molar-refractivity contribution < 1.29 is 9.53 Å². The standard InChI is InChI=1S/C22H39N5O2S/c1-7-23-20(24-15-18(16(2)3)26-21(28)29-22(4,5)6)25-17-10-12-27(13-11-17)19-9-8-14-30-19/h8-9,14,16-18H,7,10-13,15H2,1-6H3,(H,26,28)(H2,23,24,25). The van der Waals surface area contributed by atoms with Gasteiger partial charge in [-0.3, -0.25) is 4.99 Å². The van der Waals surface area contributed by atoms with E-state index in [1.807, 2.05) is 20.8 Å². The number of nitrogens with one attached hydrogen (secondary N) is 3. The number of carbonyl (C=O) groups excluding carboxylic acids is 1. The average Bonchev–Trinajstić information content (AvgIpc) is 3.18. The Morgan fingerprint density at radius 1 is 1.33 bits per heavy atom. The van der Waals surface area contributed by atoms with Crippen molar-refractivity contribution in [3.8, 4) is 0 Å². The molecule has 1 aromatic rings. The fourth-order valence-electron chi connectivity index (χ4n) is 3.28. The molecule has 0 spiro atoms. The lowest BCUT2D eigenvalue weighted by molar-refractivity contribution is 0.0493. The molecule has 30 heavy (non-hydrogen) atoms. The van der Waals surface area contributed by atoms with Crippen LogP contribution in [-0.2, 0) is 4.74 Å². The van der Waals surface area contributed by atoms with Gasteiger partial charge in [-0.1, -0.05) is 13.8 Å². The summed E-state index contributed by atoms with van der Waals surface area (Å²) in [6.07, 6.45) is 1.76. The molecular weight excluding hydrogens is 398 g/mol. The van der Waals surface area contributed by atoms with Gasteiger partial charge in [-0.2, -0.15) is 0 Å². The summed E-state index contributed by atoms with van der Waals surface area (Å²) in [6, 6.07) is 4.61. The number of alkyl carbamates (subject to hydrolysis) is 1. The first-order chi connectivity index (χ1) is 14.2. The van der Waals surface area contributed by atoms with Gasteiger partial charge in [0.05, 0.1) is 17.6 Å². The summed E-state index contributed by atoms with van der Waals surface area (Å²) in [4.78, 5) is 19.4. The Bertz CT molecular complexity index is 662. The van der Waals surface area contributed by atoms with Crippen molar-refractivity contribution in [2.24, 2.45) is 10.9 Å². The van der Waals surface area contributed by atoms with Crippen LogP contribution in [0.15, 0.2) is 22.5 Å². The average molecular weight is 438 g/mol. The second-order valence-corrected chi connectivity index (χ2v) is 10.00. The van der Waals surface area contributed by atoms with Gasteiger partial charge in [0, 0.05) is 25.7 Å². The van der Waals surface area contributed by atoms with Crippen molar-refractivity contribution in [2.45, 2.75) is 72.1 Å². The van der Waals surface area contributed by atoms with Gasteiger partial charge in [-0.15, -0.1) is 11.3 Å². The van der Waals surface area contributed by atoms with Crippen LogP contribution < -0.4 is 20.9 Å². The number of piperidine rings is 1. The number of nitrogens with zero attached hydrogens (tertiary/aromatic N) is 2. The maximum Gasteiger partial charge on any atom is 0.407 e. The number of ether oxygens (including phenoxy) is 1. The molecule has 1 unspecified atom stereocenters. The van der Waals surface area contributed by atoms with Crippen molar-refractivity contribution >= 4 is 28.4 Å². The Morgan fingerprint density at radius 2 is 2.03 bits per heavy atom. The highest BCUT2D eigenvalue weighted by molar-refractivity contribution is 7.14. The molecule has 0 aromatic carbocycles. The van der Waals surface area contributed by atoms with Crippen molar-refractivity contribution in [1.29, 1.82) is 0 Å². The lowest BCUT2D eigenvalue weighted by Gasteiger charge is -2.33. The molecule has 2 rings (SSSR count). The van der Waals surface area contributed by atoms with Gasteiger partial charge in [-0.05, 0) is 64.0 Å². The van der Waals surface area contributed by atoms with E-state index >= 15 is 0 Å². The molecule has 0 radical (unpaired) electrons. The number of aliphatic imine (C=N–C) groups is 1. The van der Waals surface area contributed by atoms with Crippen LogP contribution in [0.1, 0.15) is 54.4 Å². The van der Waals surface area contributed by atoms with E-state index in [1.54, 1.807) is 11.3 Å². The van der Waals surface area contributed by atoms with E-state index in [1.165, 1.54) is 5.00 Å². The zero-order valence-corrected chi connectivity index (χ0v) is 20.1. The third-order valence-electron chi connectivity index (χ3n) is 4.95. The Hall–Kier alpha value is -1.96. The summed E-state index contributed by atoms with van der Waals surface area (Å²) in [5, 5.41) is 13.4. The van der Waals surface area contributed by atoms with Crippen molar-refractivity contribution in [3.05, 3.63) is 17.5 Å². The highest BCUT2D eigenvalue weighted by atomic mass is 32.1. The number of thiophene rings is 1. The highest BCUT2D eigenvalue weighted by Crippen LogP contribution is 2.24. The third-order valence-corrected chi connectivity index (χ3v) is 5.88. The van der Waals surface area contributed by atoms with Crippen LogP contribution in [0.2, 0.25) is 0 Å². The Balaban J connectivity index is 1.89. The molecule has 1 aromatic heterocycles. The van der Waals surface area contributed by atoms with Crippen molar-refractivity contribution in [3.63, 3.8) is 0 Å². The summed E-state index contributed by atoms with van der Waals surface area (Å²) < 4.78 is 5.40. The fourth-order valence-corrected chi connectivity index (χ4v) is 4.06. The van der Waals surface area contributed by atoms with E-state index in [0.717, 1.165) is 38.4 Å². The zero-order chi connectivity index (χ0) is 22.1. The molecule has 1 aliphatic rings. The Kier molecular flexibility index (Phi) is 9.27. The van der Waals surface area contributed by atoms with E-state index in [4.69, 9.17) is 9.73 Å². The minimum Gasteiger partial charge on any atom is -0.444 e. The molecular formula is C22H39N5O2S. The van der Waals surface area contributed by atoms with Gasteiger partial charge in [0.1, 0.15) is 5.60 Å². The number of hydrogen-bond donors (Lipinski definition) is 3. The van der Waals surface area contributed by atoms with E-state index in [2.05, 4.69) is 59.1 Å². The van der Waals surface area contributed by atoms with E-state index < -0.39 is 11.7 Å². The molecule has 8 heteroatoms. The Morgan fingerprint density at radius 3 is 2.57 bits per heavy atom. The van der Waals surface area contributed by atoms with Crippen LogP contribution in [0.3, 0.4) is 0 Å². The molecule has 0 aliphatic carbocycles. The molecule has 0 bridgehead atoms. The smallest absolute Gasteiger partial charge is 0.407 e. The molecule has 1 aliphatic heterocycles. The molecule has 1 saturated heterocycles. The van der Waals surface area contributed by atoms with Gasteiger partial charge in [0.25, 0.3) is 0 Å². The number of hydrogen-bond acceptors (Lipinski definition) is 5.